The average Bonchev–Trinajstić information content (AvgIpc) is 3.10. The number of aliphatic carboxylic acids is 1. The quantitative estimate of drug-likeness (QED) is 0.789. The highest BCUT2D eigenvalue weighted by Gasteiger charge is 2.66. The lowest BCUT2D eigenvalue weighted by Gasteiger charge is -2.58. The van der Waals surface area contributed by atoms with Crippen LogP contribution in [0.1, 0.15) is 37.7 Å². The first-order valence-corrected chi connectivity index (χ1v) is 9.08. The number of carbonyl (C=O) groups excluding carboxylic acids is 1. The number of ether oxygens (including phenoxy) is 1. The van der Waals surface area contributed by atoms with Crippen LogP contribution in [0.3, 0.4) is 0 Å². The minimum absolute atomic E-state index is 0.131. The Hall–Kier alpha value is -2.38. The van der Waals surface area contributed by atoms with Crippen LogP contribution in [0.5, 0.6) is 0 Å². The van der Waals surface area contributed by atoms with Gasteiger partial charge >= 0.3 is 5.97 Å². The molecule has 1 aromatic carbocycles. The summed E-state index contributed by atoms with van der Waals surface area (Å²) >= 11 is 5.99. The Morgan fingerprint density at radius 2 is 2.15 bits per heavy atom. The highest BCUT2D eigenvalue weighted by Crippen LogP contribution is 2.51. The summed E-state index contributed by atoms with van der Waals surface area (Å²) in [7, 11) is 0. The van der Waals surface area contributed by atoms with Crippen molar-refractivity contribution in [3.05, 3.63) is 47.2 Å². The number of benzene rings is 1. The van der Waals surface area contributed by atoms with Gasteiger partial charge in [0.2, 0.25) is 0 Å². The molecule has 0 radical (unpaired) electrons. The fourth-order valence-electron chi connectivity index (χ4n) is 3.50. The number of aromatic nitrogens is 2. The molecule has 27 heavy (non-hydrogen) atoms. The van der Waals surface area contributed by atoms with E-state index in [1.165, 1.54) is 10.7 Å². The lowest BCUT2D eigenvalue weighted by molar-refractivity contribution is -0.190. The van der Waals surface area contributed by atoms with Crippen molar-refractivity contribution >= 4 is 23.5 Å². The van der Waals surface area contributed by atoms with Gasteiger partial charge in [0.1, 0.15) is 5.54 Å². The van der Waals surface area contributed by atoms with Gasteiger partial charge in [-0.1, -0.05) is 31.5 Å². The Morgan fingerprint density at radius 1 is 1.41 bits per heavy atom. The van der Waals surface area contributed by atoms with Gasteiger partial charge < -0.3 is 15.2 Å². The number of nitrogens with zero attached hydrogens (tertiary/aromatic N) is 2. The molecular formula is C19H22ClN3O4. The lowest BCUT2D eigenvalue weighted by Crippen LogP contribution is -2.76. The SMILES string of the molecule is CCOC1CC(NC(=O)c2ccn(-c3cccc(Cl)c3)n2)(C(=O)O)C1(C)C. The normalized spacial score (nSPS) is 23.5. The molecule has 1 aromatic heterocycles. The smallest absolute Gasteiger partial charge is 0.330 e. The molecule has 144 valence electrons. The molecule has 0 aliphatic heterocycles. The van der Waals surface area contributed by atoms with Gasteiger partial charge in [-0.05, 0) is 31.2 Å². The Labute approximate surface area is 162 Å². The summed E-state index contributed by atoms with van der Waals surface area (Å²) in [5.74, 6) is -1.62. The average molecular weight is 392 g/mol. The summed E-state index contributed by atoms with van der Waals surface area (Å²) in [6.07, 6.45) is 1.61. The number of hydrogen-bond donors (Lipinski definition) is 2. The zero-order valence-electron chi connectivity index (χ0n) is 15.4. The second-order valence-electron chi connectivity index (χ2n) is 7.16. The minimum atomic E-state index is -1.40. The van der Waals surface area contributed by atoms with Crippen molar-refractivity contribution in [1.29, 1.82) is 0 Å². The zero-order valence-corrected chi connectivity index (χ0v) is 16.2. The molecule has 8 heteroatoms. The third-order valence-electron chi connectivity index (χ3n) is 5.35. The van der Waals surface area contributed by atoms with E-state index in [2.05, 4.69) is 10.4 Å². The molecule has 1 aliphatic rings. The standard InChI is InChI=1S/C19H22ClN3O4/c1-4-27-15-11-19(17(25)26,18(15,2)3)21-16(24)14-8-9-23(22-14)13-7-5-6-12(20)10-13/h5-10,15H,4,11H2,1-3H3,(H,21,24)(H,25,26). The zero-order chi connectivity index (χ0) is 19.8. The van der Waals surface area contributed by atoms with Gasteiger partial charge in [0.25, 0.3) is 5.91 Å². The van der Waals surface area contributed by atoms with Gasteiger partial charge in [-0.15, -0.1) is 0 Å². The summed E-state index contributed by atoms with van der Waals surface area (Å²) in [5.41, 5.74) is -1.31. The Balaban J connectivity index is 1.81. The van der Waals surface area contributed by atoms with E-state index in [4.69, 9.17) is 16.3 Å². The monoisotopic (exact) mass is 391 g/mol. The maximum atomic E-state index is 12.7. The van der Waals surface area contributed by atoms with Crippen LogP contribution in [0.2, 0.25) is 5.02 Å². The van der Waals surface area contributed by atoms with Crippen LogP contribution in [0.4, 0.5) is 0 Å². The van der Waals surface area contributed by atoms with Gasteiger partial charge in [-0.25, -0.2) is 9.48 Å². The molecule has 2 aromatic rings. The summed E-state index contributed by atoms with van der Waals surface area (Å²) in [6, 6.07) is 8.59. The molecular weight excluding hydrogens is 370 g/mol. The van der Waals surface area contributed by atoms with E-state index in [0.717, 1.165) is 0 Å². The van der Waals surface area contributed by atoms with Crippen molar-refractivity contribution in [1.82, 2.24) is 15.1 Å². The largest absolute Gasteiger partial charge is 0.479 e. The molecule has 2 N–H and O–H groups in total. The molecule has 1 amide bonds. The van der Waals surface area contributed by atoms with Crippen LogP contribution in [0.15, 0.2) is 36.5 Å². The van der Waals surface area contributed by atoms with Gasteiger partial charge in [-0.3, -0.25) is 4.79 Å². The molecule has 3 rings (SSSR count). The second-order valence-corrected chi connectivity index (χ2v) is 7.60. The fraction of sp³-hybridized carbons (Fsp3) is 0.421. The van der Waals surface area contributed by atoms with Crippen LogP contribution in [-0.2, 0) is 9.53 Å². The minimum Gasteiger partial charge on any atom is -0.479 e. The van der Waals surface area contributed by atoms with E-state index >= 15 is 0 Å². The molecule has 1 heterocycles. The van der Waals surface area contributed by atoms with Gasteiger partial charge in [0.05, 0.1) is 11.8 Å². The molecule has 7 nitrogen and oxygen atoms in total. The van der Waals surface area contributed by atoms with Crippen molar-refractivity contribution in [3.8, 4) is 5.69 Å². The number of amides is 1. The van der Waals surface area contributed by atoms with E-state index in [-0.39, 0.29) is 18.2 Å². The van der Waals surface area contributed by atoms with E-state index < -0.39 is 22.8 Å². The number of nitrogens with one attached hydrogen (secondary N) is 1. The van der Waals surface area contributed by atoms with Crippen LogP contribution < -0.4 is 5.32 Å². The molecule has 1 fully saturated rings. The van der Waals surface area contributed by atoms with E-state index in [1.807, 2.05) is 6.92 Å². The molecule has 0 saturated heterocycles. The Bertz CT molecular complexity index is 879. The predicted octanol–water partition coefficient (Wildman–Crippen LogP) is 2.91. The van der Waals surface area contributed by atoms with Crippen molar-refractivity contribution in [2.24, 2.45) is 5.41 Å². The van der Waals surface area contributed by atoms with Gasteiger partial charge in [0, 0.05) is 29.7 Å². The number of carboxylic acids is 1. The van der Waals surface area contributed by atoms with E-state index in [9.17, 15) is 14.7 Å². The number of halogens is 1. The fourth-order valence-corrected chi connectivity index (χ4v) is 3.69. The molecule has 1 saturated carbocycles. The van der Waals surface area contributed by atoms with Crippen LogP contribution in [-0.4, -0.2) is 45.0 Å². The molecule has 0 spiro atoms. The number of hydrogen-bond acceptors (Lipinski definition) is 4. The van der Waals surface area contributed by atoms with Crippen LogP contribution in [0.25, 0.3) is 5.69 Å². The third-order valence-corrected chi connectivity index (χ3v) is 5.59. The van der Waals surface area contributed by atoms with Crippen LogP contribution in [0, 0.1) is 5.41 Å². The molecule has 2 unspecified atom stereocenters. The summed E-state index contributed by atoms with van der Waals surface area (Å²) in [5, 5.41) is 17.3. The van der Waals surface area contributed by atoms with Gasteiger partial charge in [0.15, 0.2) is 5.69 Å². The molecule has 2 atom stereocenters. The molecule has 1 aliphatic carbocycles. The Morgan fingerprint density at radius 3 is 2.74 bits per heavy atom. The number of carboxylic acid groups (broad SMARTS) is 1. The maximum absolute atomic E-state index is 12.7. The molecule has 0 bridgehead atoms. The first-order valence-electron chi connectivity index (χ1n) is 8.70. The lowest BCUT2D eigenvalue weighted by atomic mass is 9.54. The van der Waals surface area contributed by atoms with E-state index in [1.54, 1.807) is 44.3 Å². The number of carbonyl (C=O) groups is 2. The van der Waals surface area contributed by atoms with Crippen LogP contribution >= 0.6 is 11.6 Å². The predicted molar refractivity (Wildman–Crippen MR) is 100 cm³/mol. The second kappa shape index (κ2) is 6.98. The highest BCUT2D eigenvalue weighted by molar-refractivity contribution is 6.30. The topological polar surface area (TPSA) is 93.5 Å². The summed E-state index contributed by atoms with van der Waals surface area (Å²) in [6.45, 7) is 5.92. The van der Waals surface area contributed by atoms with E-state index in [0.29, 0.717) is 17.3 Å². The Kier molecular flexibility index (Phi) is 5.01. The van der Waals surface area contributed by atoms with Crippen molar-refractivity contribution in [2.45, 2.75) is 38.8 Å². The first-order chi connectivity index (χ1) is 12.7. The van der Waals surface area contributed by atoms with Crippen molar-refractivity contribution in [2.75, 3.05) is 6.61 Å². The first kappa shape index (κ1) is 19.4. The third kappa shape index (κ3) is 3.21. The maximum Gasteiger partial charge on any atom is 0.330 e. The van der Waals surface area contributed by atoms with Gasteiger partial charge in [-0.2, -0.15) is 5.10 Å². The summed E-state index contributed by atoms with van der Waals surface area (Å²) < 4.78 is 7.13. The summed E-state index contributed by atoms with van der Waals surface area (Å²) in [4.78, 5) is 24.7. The number of rotatable bonds is 6. The highest BCUT2D eigenvalue weighted by atomic mass is 35.5. The van der Waals surface area contributed by atoms with Crippen molar-refractivity contribution < 1.29 is 19.4 Å². The van der Waals surface area contributed by atoms with Crippen molar-refractivity contribution in [3.63, 3.8) is 0 Å².